The Morgan fingerprint density at radius 3 is 2.93 bits per heavy atom. The second kappa shape index (κ2) is 3.80. The number of para-hydroxylation sites is 2. The Morgan fingerprint density at radius 2 is 2.21 bits per heavy atom. The van der Waals surface area contributed by atoms with Gasteiger partial charge in [-0.2, -0.15) is 0 Å². The van der Waals surface area contributed by atoms with Crippen LogP contribution in [0.15, 0.2) is 30.6 Å². The van der Waals surface area contributed by atoms with Gasteiger partial charge in [0.15, 0.2) is 0 Å². The van der Waals surface area contributed by atoms with Crippen LogP contribution in [0.1, 0.15) is 19.4 Å². The lowest BCUT2D eigenvalue weighted by Crippen LogP contribution is -2.17. The maximum atomic E-state index is 5.72. The molecule has 1 atom stereocenters. The van der Waals surface area contributed by atoms with Gasteiger partial charge in [0, 0.05) is 12.6 Å². The van der Waals surface area contributed by atoms with Crippen molar-refractivity contribution in [3.63, 3.8) is 0 Å². The van der Waals surface area contributed by atoms with E-state index in [0.29, 0.717) is 12.6 Å². The number of benzene rings is 1. The first-order valence-corrected chi connectivity index (χ1v) is 4.98. The fraction of sp³-hybridized carbons (Fsp3) is 0.364. The van der Waals surface area contributed by atoms with E-state index in [1.807, 2.05) is 24.5 Å². The predicted molar refractivity (Wildman–Crippen MR) is 58.1 cm³/mol. The summed E-state index contributed by atoms with van der Waals surface area (Å²) in [5.41, 5.74) is 7.93. The summed E-state index contributed by atoms with van der Waals surface area (Å²) in [4.78, 5) is 4.34. The molecule has 0 aliphatic rings. The molecule has 0 bridgehead atoms. The number of imidazole rings is 1. The third-order valence-electron chi connectivity index (χ3n) is 2.62. The summed E-state index contributed by atoms with van der Waals surface area (Å²) in [6.45, 7) is 2.81. The Morgan fingerprint density at radius 1 is 1.43 bits per heavy atom. The van der Waals surface area contributed by atoms with Crippen LogP contribution < -0.4 is 5.73 Å². The lowest BCUT2D eigenvalue weighted by atomic mass is 10.2. The Labute approximate surface area is 83.6 Å². The van der Waals surface area contributed by atoms with Crippen LogP contribution in [-0.2, 0) is 0 Å². The van der Waals surface area contributed by atoms with Gasteiger partial charge in [-0.05, 0) is 18.6 Å². The van der Waals surface area contributed by atoms with Gasteiger partial charge >= 0.3 is 0 Å². The highest BCUT2D eigenvalue weighted by atomic mass is 15.1. The summed E-state index contributed by atoms with van der Waals surface area (Å²) < 4.78 is 2.16. The molecule has 2 aromatic rings. The monoisotopic (exact) mass is 189 g/mol. The first kappa shape index (κ1) is 9.21. The average Bonchev–Trinajstić information content (AvgIpc) is 2.65. The van der Waals surface area contributed by atoms with Crippen LogP contribution in [0.4, 0.5) is 0 Å². The van der Waals surface area contributed by atoms with Crippen molar-refractivity contribution < 1.29 is 0 Å². The maximum absolute atomic E-state index is 5.72. The maximum Gasteiger partial charge on any atom is 0.0961 e. The number of nitrogens with zero attached hydrogens (tertiary/aromatic N) is 2. The summed E-state index contributed by atoms with van der Waals surface area (Å²) >= 11 is 0. The number of hydrogen-bond donors (Lipinski definition) is 1. The van der Waals surface area contributed by atoms with E-state index in [9.17, 15) is 0 Å². The van der Waals surface area contributed by atoms with Crippen molar-refractivity contribution in [3.8, 4) is 0 Å². The normalized spacial score (nSPS) is 13.3. The van der Waals surface area contributed by atoms with E-state index in [0.717, 1.165) is 11.9 Å². The van der Waals surface area contributed by atoms with Crippen molar-refractivity contribution in [3.05, 3.63) is 30.6 Å². The van der Waals surface area contributed by atoms with Crippen LogP contribution in [0.2, 0.25) is 0 Å². The van der Waals surface area contributed by atoms with Crippen LogP contribution in [0.5, 0.6) is 0 Å². The Hall–Kier alpha value is -1.35. The summed E-state index contributed by atoms with van der Waals surface area (Å²) in [7, 11) is 0. The molecule has 0 saturated heterocycles. The van der Waals surface area contributed by atoms with Gasteiger partial charge in [-0.1, -0.05) is 19.1 Å². The number of fused-ring (bicyclic) bond motifs is 1. The molecule has 14 heavy (non-hydrogen) atoms. The SMILES string of the molecule is CCC(CN)n1cnc2ccccc21. The molecule has 0 saturated carbocycles. The molecule has 1 heterocycles. The van der Waals surface area contributed by atoms with Crippen molar-refractivity contribution in [2.45, 2.75) is 19.4 Å². The summed E-state index contributed by atoms with van der Waals surface area (Å²) in [5, 5.41) is 0. The van der Waals surface area contributed by atoms with Gasteiger partial charge in [0.2, 0.25) is 0 Å². The third kappa shape index (κ3) is 1.40. The van der Waals surface area contributed by atoms with Gasteiger partial charge in [-0.25, -0.2) is 4.98 Å². The molecule has 2 rings (SSSR count). The van der Waals surface area contributed by atoms with Gasteiger partial charge < -0.3 is 10.3 Å². The highest BCUT2D eigenvalue weighted by molar-refractivity contribution is 5.75. The van der Waals surface area contributed by atoms with Gasteiger partial charge in [0.1, 0.15) is 0 Å². The predicted octanol–water partition coefficient (Wildman–Crippen LogP) is 1.95. The minimum absolute atomic E-state index is 0.363. The van der Waals surface area contributed by atoms with Crippen molar-refractivity contribution in [1.29, 1.82) is 0 Å². The van der Waals surface area contributed by atoms with Crippen LogP contribution in [0.3, 0.4) is 0 Å². The number of hydrogen-bond acceptors (Lipinski definition) is 2. The molecule has 74 valence electrons. The second-order valence-corrected chi connectivity index (χ2v) is 3.44. The van der Waals surface area contributed by atoms with Gasteiger partial charge in [0.05, 0.1) is 17.4 Å². The molecule has 0 aliphatic heterocycles. The van der Waals surface area contributed by atoms with E-state index >= 15 is 0 Å². The zero-order valence-electron chi connectivity index (χ0n) is 8.35. The van der Waals surface area contributed by atoms with Crippen LogP contribution >= 0.6 is 0 Å². The molecule has 0 radical (unpaired) electrons. The second-order valence-electron chi connectivity index (χ2n) is 3.44. The molecule has 2 N–H and O–H groups in total. The first-order chi connectivity index (χ1) is 6.86. The van der Waals surface area contributed by atoms with Crippen LogP contribution in [-0.4, -0.2) is 16.1 Å². The van der Waals surface area contributed by atoms with Crippen molar-refractivity contribution >= 4 is 11.0 Å². The van der Waals surface area contributed by atoms with Crippen molar-refractivity contribution in [1.82, 2.24) is 9.55 Å². The van der Waals surface area contributed by atoms with E-state index < -0.39 is 0 Å². The lowest BCUT2D eigenvalue weighted by molar-refractivity contribution is 0.508. The summed E-state index contributed by atoms with van der Waals surface area (Å²) in [6.07, 6.45) is 2.92. The molecule has 1 aromatic heterocycles. The van der Waals surface area contributed by atoms with E-state index in [-0.39, 0.29) is 0 Å². The molecule has 0 amide bonds. The number of rotatable bonds is 3. The average molecular weight is 189 g/mol. The fourth-order valence-corrected chi connectivity index (χ4v) is 1.75. The van der Waals surface area contributed by atoms with E-state index in [1.165, 1.54) is 5.52 Å². The van der Waals surface area contributed by atoms with E-state index in [4.69, 9.17) is 5.73 Å². The van der Waals surface area contributed by atoms with Crippen LogP contribution in [0, 0.1) is 0 Å². The van der Waals surface area contributed by atoms with Gasteiger partial charge in [-0.3, -0.25) is 0 Å². The zero-order chi connectivity index (χ0) is 9.97. The Kier molecular flexibility index (Phi) is 2.50. The largest absolute Gasteiger partial charge is 0.328 e. The fourth-order valence-electron chi connectivity index (χ4n) is 1.75. The molecular formula is C11H15N3. The first-order valence-electron chi connectivity index (χ1n) is 4.98. The van der Waals surface area contributed by atoms with E-state index in [1.54, 1.807) is 0 Å². The van der Waals surface area contributed by atoms with Crippen molar-refractivity contribution in [2.75, 3.05) is 6.54 Å². The summed E-state index contributed by atoms with van der Waals surface area (Å²) in [5.74, 6) is 0. The smallest absolute Gasteiger partial charge is 0.0961 e. The van der Waals surface area contributed by atoms with Crippen molar-refractivity contribution in [2.24, 2.45) is 5.73 Å². The van der Waals surface area contributed by atoms with Crippen LogP contribution in [0.25, 0.3) is 11.0 Å². The quantitative estimate of drug-likeness (QED) is 0.802. The molecule has 0 aliphatic carbocycles. The minimum atomic E-state index is 0.363. The molecule has 1 unspecified atom stereocenters. The Bertz CT molecular complexity index is 415. The number of nitrogens with two attached hydrogens (primary N) is 1. The van der Waals surface area contributed by atoms with Gasteiger partial charge in [-0.15, -0.1) is 0 Å². The standard InChI is InChI=1S/C11H15N3/c1-2-9(7-12)14-8-13-10-5-3-4-6-11(10)14/h3-6,8-9H,2,7,12H2,1H3. The molecule has 0 fully saturated rings. The molecule has 3 nitrogen and oxygen atoms in total. The Balaban J connectivity index is 2.51. The highest BCUT2D eigenvalue weighted by Gasteiger charge is 2.09. The highest BCUT2D eigenvalue weighted by Crippen LogP contribution is 2.18. The minimum Gasteiger partial charge on any atom is -0.328 e. The summed E-state index contributed by atoms with van der Waals surface area (Å²) in [6, 6.07) is 8.50. The third-order valence-corrected chi connectivity index (χ3v) is 2.62. The molecule has 0 spiro atoms. The lowest BCUT2D eigenvalue weighted by Gasteiger charge is -2.14. The molecule has 3 heteroatoms. The zero-order valence-corrected chi connectivity index (χ0v) is 8.35. The number of aromatic nitrogens is 2. The topological polar surface area (TPSA) is 43.8 Å². The van der Waals surface area contributed by atoms with E-state index in [2.05, 4.69) is 22.5 Å². The van der Waals surface area contributed by atoms with Gasteiger partial charge in [0.25, 0.3) is 0 Å². The molecule has 1 aromatic carbocycles. The molecular weight excluding hydrogens is 174 g/mol.